The van der Waals surface area contributed by atoms with E-state index in [2.05, 4.69) is 73.6 Å². The molecule has 2 saturated heterocycles. The molecule has 1 aromatic heterocycles. The van der Waals surface area contributed by atoms with Crippen LogP contribution in [0.4, 0.5) is 16.4 Å². The van der Waals surface area contributed by atoms with Gasteiger partial charge in [-0.2, -0.15) is 0 Å². The zero-order chi connectivity index (χ0) is 21.9. The summed E-state index contributed by atoms with van der Waals surface area (Å²) < 4.78 is 0. The van der Waals surface area contributed by atoms with Crippen molar-refractivity contribution in [2.24, 2.45) is 0 Å². The van der Waals surface area contributed by atoms with Crippen LogP contribution in [0.5, 0.6) is 0 Å². The zero-order valence-electron chi connectivity index (χ0n) is 17.3. The number of rotatable bonds is 4. The molecule has 32 heavy (non-hydrogen) atoms. The van der Waals surface area contributed by atoms with Gasteiger partial charge in [-0.15, -0.1) is 0 Å². The standard InChI is InChI=1S/C24H21N5O2S/c30-22-21(32-24(31)27-22)16-19-10-11-25-23(26-19)29-14-12-28(13-15-29)20-8-6-18(7-9-20)17-4-2-1-3-5-17/h1-11,16H,12-15H2,(H,27,30,31). The number of imide groups is 1. The lowest BCUT2D eigenvalue weighted by atomic mass is 10.1. The summed E-state index contributed by atoms with van der Waals surface area (Å²) in [4.78, 5) is 37.0. The topological polar surface area (TPSA) is 78.4 Å². The fraction of sp³-hybridized carbons (Fsp3) is 0.167. The number of benzene rings is 2. The number of hydrogen-bond donors (Lipinski definition) is 1. The van der Waals surface area contributed by atoms with E-state index in [1.807, 2.05) is 6.07 Å². The summed E-state index contributed by atoms with van der Waals surface area (Å²) >= 11 is 0.888. The van der Waals surface area contributed by atoms with Gasteiger partial charge >= 0.3 is 0 Å². The van der Waals surface area contributed by atoms with Crippen LogP contribution in [0.15, 0.2) is 71.8 Å². The first-order valence-electron chi connectivity index (χ1n) is 10.4. The van der Waals surface area contributed by atoms with Gasteiger partial charge in [-0.1, -0.05) is 42.5 Å². The van der Waals surface area contributed by atoms with E-state index in [-0.39, 0.29) is 11.1 Å². The number of anilines is 2. The zero-order valence-corrected chi connectivity index (χ0v) is 18.1. The van der Waals surface area contributed by atoms with Crippen LogP contribution in [-0.2, 0) is 4.79 Å². The van der Waals surface area contributed by atoms with E-state index in [1.165, 1.54) is 16.8 Å². The molecule has 7 nitrogen and oxygen atoms in total. The number of nitrogens with zero attached hydrogens (tertiary/aromatic N) is 4. The fourth-order valence-corrected chi connectivity index (χ4v) is 4.48. The van der Waals surface area contributed by atoms with Gasteiger partial charge in [0.2, 0.25) is 5.95 Å². The second kappa shape index (κ2) is 8.84. The first kappa shape index (κ1) is 20.3. The Morgan fingerprint density at radius 1 is 0.844 bits per heavy atom. The predicted molar refractivity (Wildman–Crippen MR) is 127 cm³/mol. The third-order valence-electron chi connectivity index (χ3n) is 5.49. The van der Waals surface area contributed by atoms with Crippen LogP contribution in [0.1, 0.15) is 5.69 Å². The van der Waals surface area contributed by atoms with Gasteiger partial charge in [-0.25, -0.2) is 9.97 Å². The van der Waals surface area contributed by atoms with E-state index in [0.29, 0.717) is 16.5 Å². The highest BCUT2D eigenvalue weighted by molar-refractivity contribution is 8.18. The van der Waals surface area contributed by atoms with Crippen LogP contribution in [0.3, 0.4) is 0 Å². The Balaban J connectivity index is 1.24. The molecule has 8 heteroatoms. The van der Waals surface area contributed by atoms with Gasteiger partial charge in [0.05, 0.1) is 10.6 Å². The number of piperazine rings is 1. The molecule has 0 atom stereocenters. The lowest BCUT2D eigenvalue weighted by molar-refractivity contribution is -0.115. The van der Waals surface area contributed by atoms with Gasteiger partial charge in [0, 0.05) is 38.1 Å². The van der Waals surface area contributed by atoms with Crippen molar-refractivity contribution in [2.45, 2.75) is 0 Å². The van der Waals surface area contributed by atoms with Crippen molar-refractivity contribution in [3.8, 4) is 11.1 Å². The van der Waals surface area contributed by atoms with E-state index in [1.54, 1.807) is 18.3 Å². The van der Waals surface area contributed by atoms with Gasteiger partial charge in [0.25, 0.3) is 11.1 Å². The lowest BCUT2D eigenvalue weighted by Gasteiger charge is -2.36. The minimum absolute atomic E-state index is 0.350. The molecule has 0 bridgehead atoms. The molecule has 2 aliphatic heterocycles. The van der Waals surface area contributed by atoms with Crippen LogP contribution in [0, 0.1) is 0 Å². The molecule has 3 aromatic rings. The largest absolute Gasteiger partial charge is 0.368 e. The molecule has 2 amide bonds. The van der Waals surface area contributed by atoms with Gasteiger partial charge in [-0.3, -0.25) is 14.9 Å². The fourth-order valence-electron chi connectivity index (χ4n) is 3.81. The Morgan fingerprint density at radius 3 is 2.22 bits per heavy atom. The van der Waals surface area contributed by atoms with Crippen molar-refractivity contribution < 1.29 is 9.59 Å². The molecule has 160 valence electrons. The summed E-state index contributed by atoms with van der Waals surface area (Å²) in [6.07, 6.45) is 3.31. The lowest BCUT2D eigenvalue weighted by Crippen LogP contribution is -2.47. The second-order valence-electron chi connectivity index (χ2n) is 7.52. The molecule has 1 N–H and O–H groups in total. The Labute approximate surface area is 190 Å². The smallest absolute Gasteiger partial charge is 0.290 e. The number of hydrogen-bond acceptors (Lipinski definition) is 7. The van der Waals surface area contributed by atoms with Crippen LogP contribution >= 0.6 is 11.8 Å². The highest BCUT2D eigenvalue weighted by atomic mass is 32.2. The molecule has 0 unspecified atom stereocenters. The van der Waals surface area contributed by atoms with Crippen molar-refractivity contribution in [3.05, 3.63) is 77.5 Å². The van der Waals surface area contributed by atoms with Crippen molar-refractivity contribution in [1.82, 2.24) is 15.3 Å². The van der Waals surface area contributed by atoms with E-state index in [4.69, 9.17) is 0 Å². The summed E-state index contributed by atoms with van der Waals surface area (Å²) in [6.45, 7) is 3.33. The van der Waals surface area contributed by atoms with E-state index in [9.17, 15) is 9.59 Å². The van der Waals surface area contributed by atoms with E-state index < -0.39 is 0 Å². The molecule has 5 rings (SSSR count). The van der Waals surface area contributed by atoms with Crippen molar-refractivity contribution in [1.29, 1.82) is 0 Å². The average Bonchev–Trinajstić information content (AvgIpc) is 3.16. The number of aromatic nitrogens is 2. The first-order valence-corrected chi connectivity index (χ1v) is 11.2. The van der Waals surface area contributed by atoms with Crippen LogP contribution < -0.4 is 15.1 Å². The summed E-state index contributed by atoms with van der Waals surface area (Å²) in [5.41, 5.74) is 4.25. The average molecular weight is 444 g/mol. The SMILES string of the molecule is O=C1NC(=O)C(=Cc2ccnc(N3CCN(c4ccc(-c5ccccc5)cc4)CC3)n2)S1. The quantitative estimate of drug-likeness (QED) is 0.615. The maximum Gasteiger partial charge on any atom is 0.290 e. The second-order valence-corrected chi connectivity index (χ2v) is 8.54. The van der Waals surface area contributed by atoms with Crippen molar-refractivity contribution in [3.63, 3.8) is 0 Å². The molecular weight excluding hydrogens is 422 g/mol. The Hall–Kier alpha value is -3.65. The van der Waals surface area contributed by atoms with Gasteiger partial charge < -0.3 is 9.80 Å². The van der Waals surface area contributed by atoms with Crippen molar-refractivity contribution >= 4 is 40.6 Å². The van der Waals surface area contributed by atoms with Crippen LogP contribution in [-0.4, -0.2) is 47.3 Å². The maximum atomic E-state index is 11.8. The maximum absolute atomic E-state index is 11.8. The van der Waals surface area contributed by atoms with Crippen molar-refractivity contribution in [2.75, 3.05) is 36.0 Å². The number of thioether (sulfide) groups is 1. The molecule has 0 aliphatic carbocycles. The highest BCUT2D eigenvalue weighted by Gasteiger charge is 2.25. The number of nitrogens with one attached hydrogen (secondary N) is 1. The van der Waals surface area contributed by atoms with Gasteiger partial charge in [0.15, 0.2) is 0 Å². The minimum atomic E-state index is -0.382. The molecule has 2 fully saturated rings. The third kappa shape index (κ3) is 4.36. The number of amides is 2. The van der Waals surface area contributed by atoms with Crippen LogP contribution in [0.25, 0.3) is 17.2 Å². The molecular formula is C24H21N5O2S. The molecule has 0 spiro atoms. The highest BCUT2D eigenvalue weighted by Crippen LogP contribution is 2.26. The molecule has 3 heterocycles. The Bertz CT molecular complexity index is 1170. The third-order valence-corrected chi connectivity index (χ3v) is 6.30. The molecule has 0 saturated carbocycles. The van der Waals surface area contributed by atoms with Crippen LogP contribution in [0.2, 0.25) is 0 Å². The minimum Gasteiger partial charge on any atom is -0.368 e. The molecule has 0 radical (unpaired) electrons. The summed E-state index contributed by atoms with van der Waals surface area (Å²) in [5.74, 6) is 0.250. The molecule has 2 aliphatic rings. The summed E-state index contributed by atoms with van der Waals surface area (Å²) in [5, 5.41) is 1.90. The predicted octanol–water partition coefficient (Wildman–Crippen LogP) is 3.79. The van der Waals surface area contributed by atoms with E-state index in [0.717, 1.165) is 37.9 Å². The van der Waals surface area contributed by atoms with Gasteiger partial charge in [0.1, 0.15) is 0 Å². The Morgan fingerprint density at radius 2 is 1.53 bits per heavy atom. The summed E-state index contributed by atoms with van der Waals surface area (Å²) in [6, 6.07) is 20.8. The Kier molecular flexibility index (Phi) is 5.60. The number of carbonyl (C=O) groups is 2. The van der Waals surface area contributed by atoms with E-state index >= 15 is 0 Å². The monoisotopic (exact) mass is 443 g/mol. The summed E-state index contributed by atoms with van der Waals surface area (Å²) in [7, 11) is 0. The molecule has 2 aromatic carbocycles. The normalized spacial score (nSPS) is 17.7. The number of carbonyl (C=O) groups excluding carboxylic acids is 2. The van der Waals surface area contributed by atoms with Gasteiger partial charge in [-0.05, 0) is 47.2 Å². The first-order chi connectivity index (χ1) is 15.7.